The van der Waals surface area contributed by atoms with Gasteiger partial charge in [0.15, 0.2) is 0 Å². The summed E-state index contributed by atoms with van der Waals surface area (Å²) in [5.74, 6) is 0.643. The number of rotatable bonds is 6. The molecule has 0 radical (unpaired) electrons. The van der Waals surface area contributed by atoms with Crippen LogP contribution in [0.1, 0.15) is 51.0 Å². The van der Waals surface area contributed by atoms with Gasteiger partial charge in [0.1, 0.15) is 5.75 Å². The predicted octanol–water partition coefficient (Wildman–Crippen LogP) is 5.57. The van der Waals surface area contributed by atoms with Crippen LogP contribution in [-0.2, 0) is 5.41 Å². The molecule has 4 rings (SSSR count). The van der Waals surface area contributed by atoms with E-state index in [4.69, 9.17) is 22.1 Å². The first-order chi connectivity index (χ1) is 14.5. The second-order valence-corrected chi connectivity index (χ2v) is 8.82. The fourth-order valence-electron chi connectivity index (χ4n) is 4.91. The summed E-state index contributed by atoms with van der Waals surface area (Å²) >= 11 is 6.44. The van der Waals surface area contributed by atoms with Crippen molar-refractivity contribution in [3.05, 3.63) is 75.7 Å². The summed E-state index contributed by atoms with van der Waals surface area (Å²) in [4.78, 5) is 14.7. The zero-order valence-corrected chi connectivity index (χ0v) is 18.1. The number of nitrogens with one attached hydrogen (secondary N) is 1. The number of hydrogen-bond donors (Lipinski definition) is 2. The maximum Gasteiger partial charge on any atom is 0.255 e. The lowest BCUT2D eigenvalue weighted by Gasteiger charge is -2.45. The van der Waals surface area contributed by atoms with Crippen molar-refractivity contribution in [3.8, 4) is 5.75 Å². The molecular formula is C25H29ClN2O2. The molecule has 30 heavy (non-hydrogen) atoms. The second-order valence-electron chi connectivity index (χ2n) is 8.41. The van der Waals surface area contributed by atoms with Crippen LogP contribution in [0.5, 0.6) is 5.75 Å². The maximum atomic E-state index is 12.0. The molecule has 0 bridgehead atoms. The third-order valence-electron chi connectivity index (χ3n) is 6.60. The van der Waals surface area contributed by atoms with E-state index in [2.05, 4.69) is 42.2 Å². The minimum Gasteiger partial charge on any atom is -0.489 e. The zero-order chi connectivity index (χ0) is 21.1. The van der Waals surface area contributed by atoms with Gasteiger partial charge >= 0.3 is 0 Å². The molecule has 2 aromatic carbocycles. The van der Waals surface area contributed by atoms with E-state index < -0.39 is 0 Å². The van der Waals surface area contributed by atoms with Crippen molar-refractivity contribution in [1.82, 2.24) is 4.98 Å². The molecule has 1 aliphatic rings. The molecule has 5 heteroatoms. The van der Waals surface area contributed by atoms with Crippen molar-refractivity contribution in [3.63, 3.8) is 0 Å². The fourth-order valence-corrected chi connectivity index (χ4v) is 5.12. The molecule has 1 atom stereocenters. The lowest BCUT2D eigenvalue weighted by atomic mass is 9.63. The molecule has 1 fully saturated rings. The van der Waals surface area contributed by atoms with Crippen LogP contribution in [0.2, 0.25) is 5.02 Å². The van der Waals surface area contributed by atoms with Gasteiger partial charge in [0.2, 0.25) is 0 Å². The van der Waals surface area contributed by atoms with Gasteiger partial charge in [0.05, 0.1) is 11.1 Å². The molecule has 3 N–H and O–H groups in total. The highest BCUT2D eigenvalue weighted by molar-refractivity contribution is 6.32. The summed E-state index contributed by atoms with van der Waals surface area (Å²) in [6.07, 6.45) is 7.68. The Morgan fingerprint density at radius 1 is 1.20 bits per heavy atom. The minimum atomic E-state index is -0.142. The van der Waals surface area contributed by atoms with Gasteiger partial charge in [-0.3, -0.25) is 4.79 Å². The van der Waals surface area contributed by atoms with Crippen molar-refractivity contribution in [2.75, 3.05) is 0 Å². The highest BCUT2D eigenvalue weighted by Crippen LogP contribution is 2.44. The maximum absolute atomic E-state index is 12.0. The lowest BCUT2D eigenvalue weighted by molar-refractivity contribution is 0.103. The number of fused-ring (bicyclic) bond motifs is 1. The molecule has 158 valence electrons. The molecule has 0 saturated heterocycles. The molecule has 0 aliphatic heterocycles. The van der Waals surface area contributed by atoms with Crippen molar-refractivity contribution in [2.45, 2.75) is 63.0 Å². The summed E-state index contributed by atoms with van der Waals surface area (Å²) < 4.78 is 6.32. The molecule has 0 spiro atoms. The van der Waals surface area contributed by atoms with E-state index in [0.29, 0.717) is 16.2 Å². The van der Waals surface area contributed by atoms with Crippen molar-refractivity contribution >= 4 is 22.4 Å². The number of nitrogens with two attached hydrogens (primary N) is 1. The number of ether oxygens (including phenoxy) is 1. The predicted molar refractivity (Wildman–Crippen MR) is 123 cm³/mol. The monoisotopic (exact) mass is 424 g/mol. The highest BCUT2D eigenvalue weighted by Gasteiger charge is 2.41. The molecule has 1 saturated carbocycles. The van der Waals surface area contributed by atoms with Crippen molar-refractivity contribution in [1.29, 1.82) is 0 Å². The number of benzene rings is 2. The fraction of sp³-hybridized carbons (Fsp3) is 0.400. The van der Waals surface area contributed by atoms with Gasteiger partial charge in [-0.15, -0.1) is 0 Å². The molecule has 1 heterocycles. The first kappa shape index (κ1) is 21.0. The molecule has 1 aromatic heterocycles. The number of aromatic nitrogens is 1. The van der Waals surface area contributed by atoms with E-state index >= 15 is 0 Å². The van der Waals surface area contributed by atoms with E-state index in [0.717, 1.165) is 43.9 Å². The first-order valence-corrected chi connectivity index (χ1v) is 11.2. The Bertz CT molecular complexity index is 1060. The molecular weight excluding hydrogens is 396 g/mol. The van der Waals surface area contributed by atoms with Gasteiger partial charge < -0.3 is 15.5 Å². The van der Waals surface area contributed by atoms with Gasteiger partial charge in [0.25, 0.3) is 5.56 Å². The number of H-pyrrole nitrogens is 1. The van der Waals surface area contributed by atoms with Crippen LogP contribution in [-0.4, -0.2) is 17.1 Å². The summed E-state index contributed by atoms with van der Waals surface area (Å²) in [5.41, 5.74) is 7.93. The highest BCUT2D eigenvalue weighted by atomic mass is 35.5. The number of halogens is 1. The molecule has 0 unspecified atom stereocenters. The van der Waals surface area contributed by atoms with E-state index in [1.807, 2.05) is 12.1 Å². The summed E-state index contributed by atoms with van der Waals surface area (Å²) in [6.45, 7) is 2.19. The standard InChI is InChI=1S/C25H29ClN2O2/c1-2-6-23(27)25(18-7-4-3-5-8-18)12-9-19(10-13-25)30-22-15-17-11-14-28-24(29)20(17)16-21(22)26/h3-5,7-8,11,14-16,19,23H,2,6,9-10,12-13,27H2,1H3,(H,28,29)/t19-,23-,25-/m1/s1. The molecule has 0 amide bonds. The van der Waals surface area contributed by atoms with Crippen LogP contribution in [0.4, 0.5) is 0 Å². The smallest absolute Gasteiger partial charge is 0.255 e. The van der Waals surface area contributed by atoms with E-state index in [-0.39, 0.29) is 23.1 Å². The van der Waals surface area contributed by atoms with Gasteiger partial charge in [-0.2, -0.15) is 0 Å². The van der Waals surface area contributed by atoms with Crippen LogP contribution in [0.3, 0.4) is 0 Å². The number of pyridine rings is 1. The Morgan fingerprint density at radius 3 is 2.63 bits per heavy atom. The SMILES string of the molecule is CCC[C@@H](N)[C@]1(c2ccccc2)CC[C@@H](Oc2cc3cc[nH]c(=O)c3cc2Cl)CC1. The molecule has 1 aliphatic carbocycles. The lowest BCUT2D eigenvalue weighted by Crippen LogP contribution is -2.49. The first-order valence-electron chi connectivity index (χ1n) is 10.8. The van der Waals surface area contributed by atoms with Crippen LogP contribution in [0.25, 0.3) is 10.8 Å². The van der Waals surface area contributed by atoms with E-state index in [9.17, 15) is 4.79 Å². The Hall–Kier alpha value is -2.30. The van der Waals surface area contributed by atoms with Crippen LogP contribution < -0.4 is 16.0 Å². The van der Waals surface area contributed by atoms with Crippen molar-refractivity contribution < 1.29 is 4.74 Å². The average molecular weight is 425 g/mol. The quantitative estimate of drug-likeness (QED) is 0.543. The van der Waals surface area contributed by atoms with E-state index in [1.165, 1.54) is 5.56 Å². The zero-order valence-electron chi connectivity index (χ0n) is 17.4. The van der Waals surface area contributed by atoms with Gasteiger partial charge in [-0.25, -0.2) is 0 Å². The Kier molecular flexibility index (Phi) is 6.16. The third kappa shape index (κ3) is 3.99. The second kappa shape index (κ2) is 8.83. The summed E-state index contributed by atoms with van der Waals surface area (Å²) in [6, 6.07) is 16.3. The Balaban J connectivity index is 1.54. The van der Waals surface area contributed by atoms with Gasteiger partial charge in [0, 0.05) is 23.0 Å². The summed E-state index contributed by atoms with van der Waals surface area (Å²) in [7, 11) is 0. The van der Waals surface area contributed by atoms with Crippen LogP contribution in [0.15, 0.2) is 59.5 Å². The Labute approximate surface area is 182 Å². The number of aromatic amines is 1. The van der Waals surface area contributed by atoms with Gasteiger partial charge in [-0.1, -0.05) is 55.3 Å². The molecule has 4 nitrogen and oxygen atoms in total. The Morgan fingerprint density at radius 2 is 1.93 bits per heavy atom. The topological polar surface area (TPSA) is 68.1 Å². The average Bonchev–Trinajstić information content (AvgIpc) is 2.76. The third-order valence-corrected chi connectivity index (χ3v) is 6.90. The van der Waals surface area contributed by atoms with Crippen LogP contribution in [0, 0.1) is 0 Å². The van der Waals surface area contributed by atoms with Crippen LogP contribution >= 0.6 is 11.6 Å². The van der Waals surface area contributed by atoms with Crippen molar-refractivity contribution in [2.24, 2.45) is 5.73 Å². The minimum absolute atomic E-state index is 0.00238. The molecule has 3 aromatic rings. The van der Waals surface area contributed by atoms with E-state index in [1.54, 1.807) is 12.3 Å². The van der Waals surface area contributed by atoms with Gasteiger partial charge in [-0.05, 0) is 61.3 Å². The number of hydrogen-bond acceptors (Lipinski definition) is 3. The largest absolute Gasteiger partial charge is 0.489 e. The summed E-state index contributed by atoms with van der Waals surface area (Å²) in [5, 5.41) is 1.88. The normalized spacial score (nSPS) is 22.7.